The van der Waals surface area contributed by atoms with Crippen LogP contribution in [0.4, 0.5) is 4.39 Å². The van der Waals surface area contributed by atoms with Crippen molar-refractivity contribution in [3.8, 4) is 5.75 Å². The van der Waals surface area contributed by atoms with E-state index in [9.17, 15) is 10.0 Å². The molecule has 0 spiro atoms. The summed E-state index contributed by atoms with van der Waals surface area (Å²) < 4.78 is 27.4. The number of rotatable bonds is 12. The van der Waals surface area contributed by atoms with Crippen LogP contribution < -0.4 is 10.2 Å². The lowest BCUT2D eigenvalue weighted by atomic mass is 9.73. The second-order valence-electron chi connectivity index (χ2n) is 11.1. The van der Waals surface area contributed by atoms with E-state index in [1.54, 1.807) is 31.3 Å². The van der Waals surface area contributed by atoms with Gasteiger partial charge in [-0.15, -0.1) is 11.8 Å². The lowest BCUT2D eigenvalue weighted by molar-refractivity contribution is -0.143. The number of aromatic nitrogens is 2. The molecule has 4 heterocycles. The molecule has 2 aliphatic rings. The number of halogens is 1. The van der Waals surface area contributed by atoms with E-state index in [1.807, 2.05) is 41.9 Å². The highest BCUT2D eigenvalue weighted by Gasteiger charge is 2.41. The summed E-state index contributed by atoms with van der Waals surface area (Å²) in [7, 11) is 1.60. The van der Waals surface area contributed by atoms with Gasteiger partial charge in [-0.05, 0) is 74.7 Å². The standard InChI is InChI=1S/C31H40FN5O4S/c1-40-24-5-6-27-25(20-24)29(23(21-34-27)22-37-14-17-41-18-15-37)26(32)7-8-31(30(38)35-39)9-12-36(13-10-31)16-19-42-28-4-2-3-11-33-28/h2-6,11,20-21,26,39H,7-10,12-19,22H2,1H3,(H,35,38)/t26-/m1/s1. The van der Waals surface area contributed by atoms with Gasteiger partial charge in [0.2, 0.25) is 5.91 Å². The molecule has 0 unspecified atom stereocenters. The summed E-state index contributed by atoms with van der Waals surface area (Å²) in [5.74, 6) is 1.12. The van der Waals surface area contributed by atoms with Crippen LogP contribution in [0.1, 0.15) is 43.0 Å². The number of carbonyl (C=O) groups is 1. The minimum absolute atomic E-state index is 0.162. The number of methoxy groups -OCH3 is 1. The predicted molar refractivity (Wildman–Crippen MR) is 160 cm³/mol. The number of hydrogen-bond acceptors (Lipinski definition) is 9. The van der Waals surface area contributed by atoms with Crippen molar-refractivity contribution in [2.45, 2.75) is 43.4 Å². The van der Waals surface area contributed by atoms with Crippen LogP contribution in [0.25, 0.3) is 10.9 Å². The van der Waals surface area contributed by atoms with Crippen LogP contribution in [0, 0.1) is 5.41 Å². The normalized spacial score (nSPS) is 18.5. The van der Waals surface area contributed by atoms with Crippen molar-refractivity contribution in [3.05, 3.63) is 59.9 Å². The lowest BCUT2D eigenvalue weighted by Gasteiger charge is -2.40. The lowest BCUT2D eigenvalue weighted by Crippen LogP contribution is -2.48. The third kappa shape index (κ3) is 7.38. The van der Waals surface area contributed by atoms with E-state index >= 15 is 4.39 Å². The topological polar surface area (TPSA) is 100 Å². The molecule has 0 radical (unpaired) electrons. The van der Waals surface area contributed by atoms with Gasteiger partial charge in [0.1, 0.15) is 11.9 Å². The molecular formula is C31H40FN5O4S. The van der Waals surface area contributed by atoms with Crippen LogP contribution >= 0.6 is 11.8 Å². The van der Waals surface area contributed by atoms with Gasteiger partial charge in [-0.25, -0.2) is 14.9 Å². The number of likely N-dealkylation sites (tertiary alicyclic amines) is 1. The van der Waals surface area contributed by atoms with Crippen LogP contribution in [0.15, 0.2) is 53.8 Å². The van der Waals surface area contributed by atoms with Crippen molar-refractivity contribution < 1.29 is 23.9 Å². The molecule has 2 fully saturated rings. The summed E-state index contributed by atoms with van der Waals surface area (Å²) in [6, 6.07) is 11.4. The zero-order valence-electron chi connectivity index (χ0n) is 24.1. The van der Waals surface area contributed by atoms with Crippen molar-refractivity contribution in [3.63, 3.8) is 0 Å². The smallest absolute Gasteiger partial charge is 0.249 e. The number of benzene rings is 1. The molecule has 1 amide bonds. The van der Waals surface area contributed by atoms with Crippen molar-refractivity contribution in [1.29, 1.82) is 0 Å². The fraction of sp³-hybridized carbons (Fsp3) is 0.516. The van der Waals surface area contributed by atoms with Gasteiger partial charge in [0.05, 0.1) is 36.3 Å². The molecule has 42 heavy (non-hydrogen) atoms. The number of pyridine rings is 2. The van der Waals surface area contributed by atoms with E-state index in [0.29, 0.717) is 68.9 Å². The van der Waals surface area contributed by atoms with Gasteiger partial charge < -0.3 is 14.4 Å². The minimum Gasteiger partial charge on any atom is -0.497 e. The Labute approximate surface area is 250 Å². The Morgan fingerprint density at radius 3 is 2.69 bits per heavy atom. The summed E-state index contributed by atoms with van der Waals surface area (Å²) in [5.41, 5.74) is 3.22. The average molecular weight is 598 g/mol. The number of nitrogens with one attached hydrogen (secondary N) is 1. The van der Waals surface area contributed by atoms with E-state index in [4.69, 9.17) is 9.47 Å². The van der Waals surface area contributed by atoms with E-state index < -0.39 is 17.5 Å². The van der Waals surface area contributed by atoms with E-state index in [2.05, 4.69) is 19.8 Å². The summed E-state index contributed by atoms with van der Waals surface area (Å²) >= 11 is 1.71. The average Bonchev–Trinajstić information content (AvgIpc) is 3.04. The van der Waals surface area contributed by atoms with Crippen molar-refractivity contribution in [2.75, 3.05) is 58.8 Å². The Morgan fingerprint density at radius 1 is 1.17 bits per heavy atom. The molecule has 0 saturated carbocycles. The van der Waals surface area contributed by atoms with Crippen molar-refractivity contribution in [2.24, 2.45) is 5.41 Å². The number of carbonyl (C=O) groups excluding carboxylic acids is 1. The molecule has 3 aromatic rings. The van der Waals surface area contributed by atoms with Crippen LogP contribution in [-0.4, -0.2) is 89.7 Å². The second-order valence-corrected chi connectivity index (χ2v) is 12.2. The zero-order valence-corrected chi connectivity index (χ0v) is 25.0. The van der Waals surface area contributed by atoms with Gasteiger partial charge in [-0.3, -0.25) is 19.9 Å². The number of nitrogens with zero attached hydrogens (tertiary/aromatic N) is 4. The number of piperidine rings is 1. The van der Waals surface area contributed by atoms with Gasteiger partial charge in [0, 0.05) is 55.3 Å². The molecule has 2 saturated heterocycles. The molecule has 1 aromatic carbocycles. The molecule has 0 bridgehead atoms. The Bertz CT molecular complexity index is 1320. The molecule has 2 aliphatic heterocycles. The largest absolute Gasteiger partial charge is 0.497 e. The van der Waals surface area contributed by atoms with Crippen LogP contribution in [0.5, 0.6) is 5.75 Å². The first-order valence-electron chi connectivity index (χ1n) is 14.6. The van der Waals surface area contributed by atoms with Gasteiger partial charge in [0.25, 0.3) is 0 Å². The highest BCUT2D eigenvalue weighted by Crippen LogP contribution is 2.42. The SMILES string of the molecule is COc1ccc2ncc(CN3CCOCC3)c([C@H](F)CCC3(C(=O)NO)CCN(CCSc4ccccn4)CC3)c2c1. The summed E-state index contributed by atoms with van der Waals surface area (Å²) in [5, 5.41) is 11.4. The molecule has 9 nitrogen and oxygen atoms in total. The molecular weight excluding hydrogens is 557 g/mol. The second kappa shape index (κ2) is 14.6. The number of hydrogen-bond donors (Lipinski definition) is 2. The number of ether oxygens (including phenoxy) is 2. The molecule has 0 aliphatic carbocycles. The van der Waals surface area contributed by atoms with Crippen LogP contribution in [0.3, 0.4) is 0 Å². The summed E-state index contributed by atoms with van der Waals surface area (Å²) in [6.07, 6.45) is 3.88. The Hall–Kier alpha value is -2.83. The number of fused-ring (bicyclic) bond motifs is 1. The zero-order chi connectivity index (χ0) is 29.4. The highest BCUT2D eigenvalue weighted by molar-refractivity contribution is 7.99. The fourth-order valence-electron chi connectivity index (χ4n) is 6.03. The first-order chi connectivity index (χ1) is 20.5. The van der Waals surface area contributed by atoms with Gasteiger partial charge in [-0.1, -0.05) is 6.07 Å². The fourth-order valence-corrected chi connectivity index (χ4v) is 6.90. The molecule has 11 heteroatoms. The third-order valence-electron chi connectivity index (χ3n) is 8.58. The monoisotopic (exact) mass is 597 g/mol. The van der Waals surface area contributed by atoms with E-state index in [0.717, 1.165) is 41.4 Å². The van der Waals surface area contributed by atoms with Crippen LogP contribution in [0.2, 0.25) is 0 Å². The van der Waals surface area contributed by atoms with Gasteiger partial charge in [0.15, 0.2) is 0 Å². The Kier molecular flexibility index (Phi) is 10.6. The minimum atomic E-state index is -1.31. The number of amides is 1. The van der Waals surface area contributed by atoms with Crippen molar-refractivity contribution in [1.82, 2.24) is 25.2 Å². The molecule has 1 atom stereocenters. The number of thioether (sulfide) groups is 1. The van der Waals surface area contributed by atoms with Crippen molar-refractivity contribution >= 4 is 28.6 Å². The van der Waals surface area contributed by atoms with Crippen LogP contribution in [-0.2, 0) is 16.1 Å². The molecule has 5 rings (SSSR count). The first kappa shape index (κ1) is 30.6. The first-order valence-corrected chi connectivity index (χ1v) is 15.6. The number of morpholine rings is 1. The third-order valence-corrected chi connectivity index (χ3v) is 9.50. The maximum Gasteiger partial charge on any atom is 0.249 e. The molecule has 2 N–H and O–H groups in total. The Morgan fingerprint density at radius 2 is 1.98 bits per heavy atom. The molecule has 226 valence electrons. The van der Waals surface area contributed by atoms with Gasteiger partial charge >= 0.3 is 0 Å². The summed E-state index contributed by atoms with van der Waals surface area (Å²) in [4.78, 5) is 26.6. The van der Waals surface area contributed by atoms with E-state index in [1.165, 1.54) is 0 Å². The maximum atomic E-state index is 16.5. The summed E-state index contributed by atoms with van der Waals surface area (Å²) in [6.45, 7) is 5.75. The Balaban J connectivity index is 1.29. The van der Waals surface area contributed by atoms with E-state index in [-0.39, 0.29) is 6.42 Å². The maximum absolute atomic E-state index is 16.5. The van der Waals surface area contributed by atoms with Gasteiger partial charge in [-0.2, -0.15) is 0 Å². The number of hydroxylamine groups is 1. The quantitative estimate of drug-likeness (QED) is 0.176. The number of alkyl halides is 1. The highest BCUT2D eigenvalue weighted by atomic mass is 32.2. The molecule has 2 aromatic heterocycles. The predicted octanol–water partition coefficient (Wildman–Crippen LogP) is 4.64.